The summed E-state index contributed by atoms with van der Waals surface area (Å²) in [4.78, 5) is 0. The second-order valence-electron chi connectivity index (χ2n) is 7.04. The first-order valence-electron chi connectivity index (χ1n) is 7.56. The third-order valence-electron chi connectivity index (χ3n) is 4.56. The van der Waals surface area contributed by atoms with Gasteiger partial charge in [-0.25, -0.2) is 0 Å². The molecule has 1 aromatic carbocycles. The van der Waals surface area contributed by atoms with Crippen LogP contribution in [0.25, 0.3) is 0 Å². The van der Waals surface area contributed by atoms with Gasteiger partial charge in [-0.2, -0.15) is 16.8 Å². The summed E-state index contributed by atoms with van der Waals surface area (Å²) in [6.07, 6.45) is 0. The van der Waals surface area contributed by atoms with Gasteiger partial charge < -0.3 is 13.5 Å². The lowest BCUT2D eigenvalue weighted by molar-refractivity contribution is 0.00578. The molecule has 1 fully saturated rings. The van der Waals surface area contributed by atoms with Crippen LogP contribution in [0.4, 0.5) is 7.77 Å². The summed E-state index contributed by atoms with van der Waals surface area (Å²) < 4.78 is 85.5. The van der Waals surface area contributed by atoms with Gasteiger partial charge in [-0.1, -0.05) is 3.89 Å². The first-order valence-corrected chi connectivity index (χ1v) is 10.4. The monoisotopic (exact) mass is 412 g/mol. The van der Waals surface area contributed by atoms with Gasteiger partial charge in [0.1, 0.15) is 11.5 Å². The van der Waals surface area contributed by atoms with Crippen molar-refractivity contribution >= 4 is 33.3 Å². The van der Waals surface area contributed by atoms with Crippen molar-refractivity contribution in [3.63, 3.8) is 0 Å². The zero-order valence-corrected chi connectivity index (χ0v) is 16.5. The topological polar surface area (TPSA) is 96.0 Å². The Morgan fingerprint density at radius 3 is 1.96 bits per heavy atom. The van der Waals surface area contributed by atoms with Crippen molar-refractivity contribution < 1.29 is 38.1 Å². The van der Waals surface area contributed by atoms with Gasteiger partial charge in [0.25, 0.3) is 0 Å². The number of halogens is 2. The Balaban J connectivity index is 2.57. The average molecular weight is 412 g/mol. The lowest BCUT2D eigenvalue weighted by Crippen LogP contribution is -2.41. The summed E-state index contributed by atoms with van der Waals surface area (Å²) in [6.45, 7) is 8.61. The van der Waals surface area contributed by atoms with Crippen LogP contribution in [0.1, 0.15) is 38.8 Å². The van der Waals surface area contributed by atoms with Crippen molar-refractivity contribution in [1.29, 1.82) is 0 Å². The molecule has 2 rings (SSSR count). The van der Waals surface area contributed by atoms with E-state index in [2.05, 4.69) is 4.18 Å². The molecule has 26 heavy (non-hydrogen) atoms. The summed E-state index contributed by atoms with van der Waals surface area (Å²) in [5.74, 6) is -1.55. The fourth-order valence-electron chi connectivity index (χ4n) is 2.48. The van der Waals surface area contributed by atoms with Crippen LogP contribution in [0.5, 0.6) is 5.75 Å². The number of hydrogen-bond acceptors (Lipinski definition) is 7. The lowest BCUT2D eigenvalue weighted by Gasteiger charge is -2.32. The van der Waals surface area contributed by atoms with Gasteiger partial charge >= 0.3 is 27.8 Å². The van der Waals surface area contributed by atoms with Crippen LogP contribution in [0.2, 0.25) is 0 Å². The molecule has 1 aromatic rings. The van der Waals surface area contributed by atoms with E-state index in [4.69, 9.17) is 9.31 Å². The molecule has 0 amide bonds. The van der Waals surface area contributed by atoms with Crippen molar-refractivity contribution in [2.45, 2.75) is 51.6 Å². The van der Waals surface area contributed by atoms with Crippen LogP contribution >= 0.6 is 0 Å². The average Bonchev–Trinajstić information content (AvgIpc) is 2.58. The van der Waals surface area contributed by atoms with Gasteiger partial charge in [0.15, 0.2) is 0 Å². The molecule has 0 atom stereocenters. The minimum atomic E-state index is -5.36. The molecule has 12 heteroatoms. The molecule has 0 N–H and O–H groups in total. The van der Waals surface area contributed by atoms with Gasteiger partial charge in [-0.15, -0.1) is 3.89 Å². The van der Waals surface area contributed by atoms with Crippen LogP contribution < -0.4 is 9.65 Å². The van der Waals surface area contributed by atoms with E-state index >= 15 is 0 Å². The molecule has 0 saturated carbocycles. The molecule has 7 nitrogen and oxygen atoms in total. The summed E-state index contributed by atoms with van der Waals surface area (Å²) in [7, 11) is -11.3. The highest BCUT2D eigenvalue weighted by Crippen LogP contribution is 2.37. The molecule has 0 aromatic heterocycles. The molecular weight excluding hydrogens is 393 g/mol. The van der Waals surface area contributed by atoms with Crippen molar-refractivity contribution in [3.05, 3.63) is 23.3 Å². The SMILES string of the molecule is Cc1c(CS(=O)(=O)F)cc(OS(=O)(=O)F)cc1B1OC(C)(C)C(C)(C)O1. The minimum Gasteiger partial charge on any atom is -0.399 e. The molecule has 0 unspecified atom stereocenters. The van der Waals surface area contributed by atoms with Crippen molar-refractivity contribution in [3.8, 4) is 5.75 Å². The lowest BCUT2D eigenvalue weighted by atomic mass is 9.75. The normalized spacial score (nSPS) is 19.6. The second kappa shape index (κ2) is 6.43. The Bertz CT molecular complexity index is 911. The Labute approximate surface area is 152 Å². The zero-order chi connectivity index (χ0) is 20.1. The zero-order valence-electron chi connectivity index (χ0n) is 14.9. The van der Waals surface area contributed by atoms with E-state index < -0.39 is 50.6 Å². The summed E-state index contributed by atoms with van der Waals surface area (Å²) in [5, 5.41) is 0. The highest BCUT2D eigenvalue weighted by Gasteiger charge is 2.52. The van der Waals surface area contributed by atoms with Gasteiger partial charge in [-0.05, 0) is 63.3 Å². The first kappa shape index (κ1) is 21.1. The third-order valence-corrected chi connectivity index (χ3v) is 5.61. The molecule has 0 radical (unpaired) electrons. The Hall–Kier alpha value is -1.24. The fraction of sp³-hybridized carbons (Fsp3) is 0.571. The van der Waals surface area contributed by atoms with E-state index in [9.17, 15) is 24.6 Å². The highest BCUT2D eigenvalue weighted by atomic mass is 32.3. The largest absolute Gasteiger partial charge is 0.495 e. The predicted octanol–water partition coefficient (Wildman–Crippen LogP) is 1.69. The molecule has 0 aliphatic carbocycles. The third kappa shape index (κ3) is 4.73. The van der Waals surface area contributed by atoms with Crippen LogP contribution in [0.15, 0.2) is 12.1 Å². The summed E-state index contributed by atoms with van der Waals surface area (Å²) in [6, 6.07) is 2.10. The number of hydrogen-bond donors (Lipinski definition) is 0. The molecule has 0 bridgehead atoms. The maximum Gasteiger partial charge on any atom is 0.495 e. The maximum atomic E-state index is 13.2. The maximum absolute atomic E-state index is 13.2. The van der Waals surface area contributed by atoms with E-state index in [1.807, 2.05) is 0 Å². The van der Waals surface area contributed by atoms with Gasteiger partial charge in [0.05, 0.1) is 11.2 Å². The predicted molar refractivity (Wildman–Crippen MR) is 91.3 cm³/mol. The Morgan fingerprint density at radius 2 is 1.54 bits per heavy atom. The van der Waals surface area contributed by atoms with E-state index in [1.54, 1.807) is 27.7 Å². The van der Waals surface area contributed by atoms with Crippen molar-refractivity contribution in [2.75, 3.05) is 0 Å². The minimum absolute atomic E-state index is 0.0987. The number of rotatable bonds is 5. The van der Waals surface area contributed by atoms with Crippen molar-refractivity contribution in [2.24, 2.45) is 0 Å². The molecule has 0 spiro atoms. The van der Waals surface area contributed by atoms with Crippen LogP contribution in [0, 0.1) is 6.92 Å². The first-order chi connectivity index (χ1) is 11.5. The van der Waals surface area contributed by atoms with Gasteiger partial charge in [-0.3, -0.25) is 0 Å². The Kier molecular flexibility index (Phi) is 5.21. The van der Waals surface area contributed by atoms with E-state index in [0.29, 0.717) is 5.56 Å². The van der Waals surface area contributed by atoms with Gasteiger partial charge in [0.2, 0.25) is 0 Å². The van der Waals surface area contributed by atoms with Crippen LogP contribution in [0.3, 0.4) is 0 Å². The number of benzene rings is 1. The molecule has 146 valence electrons. The standard InChI is InChI=1S/C14H19BF2O7S2/c1-9-10(8-25(16,18)19)6-11(22-26(17,20)21)7-12(9)15-23-13(2,3)14(4,5)24-15/h6-7H,8H2,1-5H3. The molecule has 1 aliphatic heterocycles. The Morgan fingerprint density at radius 1 is 1.04 bits per heavy atom. The van der Waals surface area contributed by atoms with E-state index in [1.165, 1.54) is 6.92 Å². The van der Waals surface area contributed by atoms with E-state index in [-0.39, 0.29) is 11.0 Å². The summed E-state index contributed by atoms with van der Waals surface area (Å²) >= 11 is 0. The van der Waals surface area contributed by atoms with Crippen molar-refractivity contribution in [1.82, 2.24) is 0 Å². The van der Waals surface area contributed by atoms with Gasteiger partial charge in [0, 0.05) is 0 Å². The second-order valence-corrected chi connectivity index (χ2v) is 9.36. The molecule has 1 saturated heterocycles. The van der Waals surface area contributed by atoms with Crippen LogP contribution in [-0.2, 0) is 35.8 Å². The van der Waals surface area contributed by atoms with Crippen LogP contribution in [-0.4, -0.2) is 35.2 Å². The molecular formula is C14H19BF2O7S2. The highest BCUT2D eigenvalue weighted by molar-refractivity contribution is 7.85. The molecule has 1 heterocycles. The van der Waals surface area contributed by atoms with E-state index in [0.717, 1.165) is 12.1 Å². The molecule has 1 aliphatic rings. The summed E-state index contributed by atoms with van der Waals surface area (Å²) in [5.41, 5.74) is -1.06. The quantitative estimate of drug-likeness (QED) is 0.537. The smallest absolute Gasteiger partial charge is 0.399 e. The fourth-order valence-corrected chi connectivity index (χ4v) is 3.48.